The van der Waals surface area contributed by atoms with E-state index >= 15 is 0 Å². The van der Waals surface area contributed by atoms with Crippen LogP contribution in [0.4, 0.5) is 19.3 Å². The fourth-order valence-electron chi connectivity index (χ4n) is 3.66. The first-order valence-electron chi connectivity index (χ1n) is 9.43. The van der Waals surface area contributed by atoms with E-state index in [4.69, 9.17) is 0 Å². The predicted octanol–water partition coefficient (Wildman–Crippen LogP) is 2.64. The number of aryl methyl sites for hydroxylation is 1. The molecule has 0 spiro atoms. The smallest absolute Gasteiger partial charge is 0.321 e. The maximum atomic E-state index is 13.3. The molecule has 0 radical (unpaired) electrons. The predicted molar refractivity (Wildman–Crippen MR) is 105 cm³/mol. The minimum atomic E-state index is -3.93. The summed E-state index contributed by atoms with van der Waals surface area (Å²) in [5, 5.41) is 13.5. The Bertz CT molecular complexity index is 1000. The topological polar surface area (TPSA) is 110 Å². The van der Waals surface area contributed by atoms with Crippen molar-refractivity contribution < 1.29 is 22.0 Å². The van der Waals surface area contributed by atoms with Gasteiger partial charge >= 0.3 is 6.03 Å². The highest BCUT2D eigenvalue weighted by Crippen LogP contribution is 2.38. The summed E-state index contributed by atoms with van der Waals surface area (Å²) in [6.07, 6.45) is 0.983. The number of amides is 2. The largest absolute Gasteiger partial charge is 0.325 e. The van der Waals surface area contributed by atoms with E-state index in [1.165, 1.54) is 19.4 Å². The number of hydrogen-bond donors (Lipinski definition) is 1. The number of anilines is 1. The highest BCUT2D eigenvalue weighted by molar-refractivity contribution is 7.92. The summed E-state index contributed by atoms with van der Waals surface area (Å²) in [6, 6.07) is 2.26. The van der Waals surface area contributed by atoms with Crippen molar-refractivity contribution in [3.05, 3.63) is 30.2 Å². The SMILES string of the molecule is Cn1nc(C(F)F)cc1S(=O)(=O)C(C)(C)C1CCN(C(=O)Nc2ccnnc2)CC1. The average molecular weight is 442 g/mol. The number of rotatable bonds is 5. The number of nitrogens with one attached hydrogen (secondary N) is 1. The second-order valence-electron chi connectivity index (χ2n) is 7.76. The van der Waals surface area contributed by atoms with E-state index in [2.05, 4.69) is 20.6 Å². The molecule has 0 bridgehead atoms. The molecule has 3 heterocycles. The summed E-state index contributed by atoms with van der Waals surface area (Å²) in [7, 11) is -2.59. The summed E-state index contributed by atoms with van der Waals surface area (Å²) in [6.45, 7) is 3.95. The summed E-state index contributed by atoms with van der Waals surface area (Å²) in [5.74, 6) is -0.251. The summed E-state index contributed by atoms with van der Waals surface area (Å²) >= 11 is 0. The number of aromatic nitrogens is 4. The van der Waals surface area contributed by atoms with Crippen molar-refractivity contribution in [1.82, 2.24) is 24.9 Å². The first-order chi connectivity index (χ1) is 14.0. The molecule has 30 heavy (non-hydrogen) atoms. The van der Waals surface area contributed by atoms with Crippen LogP contribution in [0.3, 0.4) is 0 Å². The van der Waals surface area contributed by atoms with Gasteiger partial charge in [-0.15, -0.1) is 0 Å². The number of halogens is 2. The molecular weight excluding hydrogens is 418 g/mol. The number of carbonyl (C=O) groups is 1. The van der Waals surface area contributed by atoms with Gasteiger partial charge < -0.3 is 10.2 Å². The van der Waals surface area contributed by atoms with Crippen molar-refractivity contribution >= 4 is 21.6 Å². The Kier molecular flexibility index (Phi) is 6.06. The standard InChI is InChI=1S/C18H24F2N6O3S/c1-18(2,30(28,29)15-10-14(16(19)20)24-25(15)3)12-5-8-26(9-6-12)17(27)23-13-4-7-21-22-11-13/h4,7,10-12,16H,5-6,8-9H2,1-3H3,(H,21,23,27). The molecule has 164 valence electrons. The Morgan fingerprint density at radius 2 is 1.93 bits per heavy atom. The number of urea groups is 1. The molecule has 3 rings (SSSR count). The number of nitrogens with zero attached hydrogens (tertiary/aromatic N) is 5. The Morgan fingerprint density at radius 3 is 2.47 bits per heavy atom. The molecule has 2 aromatic heterocycles. The van der Waals surface area contributed by atoms with Gasteiger partial charge in [0, 0.05) is 26.2 Å². The van der Waals surface area contributed by atoms with Gasteiger partial charge in [-0.05, 0) is 38.7 Å². The van der Waals surface area contributed by atoms with Gasteiger partial charge in [-0.3, -0.25) is 4.68 Å². The molecule has 2 amide bonds. The number of hydrogen-bond acceptors (Lipinski definition) is 6. The average Bonchev–Trinajstić information content (AvgIpc) is 3.11. The quantitative estimate of drug-likeness (QED) is 0.762. The maximum Gasteiger partial charge on any atom is 0.321 e. The molecule has 0 saturated carbocycles. The zero-order valence-electron chi connectivity index (χ0n) is 16.9. The van der Waals surface area contributed by atoms with Gasteiger partial charge in [0.25, 0.3) is 6.43 Å². The number of piperidine rings is 1. The lowest BCUT2D eigenvalue weighted by Crippen LogP contribution is -2.48. The normalized spacial score (nSPS) is 16.1. The van der Waals surface area contributed by atoms with Gasteiger partial charge in [-0.1, -0.05) is 0 Å². The van der Waals surface area contributed by atoms with E-state index < -0.39 is 26.7 Å². The van der Waals surface area contributed by atoms with E-state index in [1.54, 1.807) is 24.8 Å². The second-order valence-corrected chi connectivity index (χ2v) is 10.2. The fourth-order valence-corrected chi connectivity index (χ4v) is 5.54. The Labute approximate surface area is 173 Å². The molecule has 0 unspecified atom stereocenters. The molecule has 9 nitrogen and oxygen atoms in total. The fraction of sp³-hybridized carbons (Fsp3) is 0.556. The van der Waals surface area contributed by atoms with Gasteiger partial charge in [0.2, 0.25) is 9.84 Å². The maximum absolute atomic E-state index is 13.3. The Morgan fingerprint density at radius 1 is 1.27 bits per heavy atom. The molecule has 0 aliphatic carbocycles. The zero-order valence-corrected chi connectivity index (χ0v) is 17.7. The van der Waals surface area contributed by atoms with E-state index in [0.717, 1.165) is 10.7 Å². The van der Waals surface area contributed by atoms with Crippen LogP contribution in [0.5, 0.6) is 0 Å². The molecular formula is C18H24F2N6O3S. The van der Waals surface area contributed by atoms with E-state index in [1.807, 2.05) is 0 Å². The first kappa shape index (κ1) is 22.1. The van der Waals surface area contributed by atoms with Crippen molar-refractivity contribution in [1.29, 1.82) is 0 Å². The van der Waals surface area contributed by atoms with Crippen LogP contribution in [0.1, 0.15) is 38.8 Å². The lowest BCUT2D eigenvalue weighted by molar-refractivity contribution is 0.145. The number of likely N-dealkylation sites (tertiary alicyclic amines) is 1. The van der Waals surface area contributed by atoms with Crippen LogP contribution in [-0.2, 0) is 16.9 Å². The van der Waals surface area contributed by atoms with Crippen LogP contribution >= 0.6 is 0 Å². The summed E-state index contributed by atoms with van der Waals surface area (Å²) < 4.78 is 52.2. The van der Waals surface area contributed by atoms with Gasteiger partial charge in [0.15, 0.2) is 5.03 Å². The third kappa shape index (κ3) is 4.13. The monoisotopic (exact) mass is 442 g/mol. The van der Waals surface area contributed by atoms with Gasteiger partial charge in [-0.2, -0.15) is 15.3 Å². The third-order valence-corrected chi connectivity index (χ3v) is 8.30. The minimum Gasteiger partial charge on any atom is -0.325 e. The first-order valence-corrected chi connectivity index (χ1v) is 10.9. The second kappa shape index (κ2) is 8.25. The third-order valence-electron chi connectivity index (χ3n) is 5.65. The van der Waals surface area contributed by atoms with E-state index in [9.17, 15) is 22.0 Å². The Balaban J connectivity index is 1.70. The van der Waals surface area contributed by atoms with Crippen molar-refractivity contribution in [2.75, 3.05) is 18.4 Å². The van der Waals surface area contributed by atoms with Crippen molar-refractivity contribution in [2.24, 2.45) is 13.0 Å². The van der Waals surface area contributed by atoms with Gasteiger partial charge in [0.1, 0.15) is 5.69 Å². The summed E-state index contributed by atoms with van der Waals surface area (Å²) in [4.78, 5) is 14.0. The molecule has 1 fully saturated rings. The molecule has 0 atom stereocenters. The molecule has 12 heteroatoms. The minimum absolute atomic E-state index is 0.229. The van der Waals surface area contributed by atoms with Gasteiger partial charge in [0.05, 0.1) is 22.8 Å². The van der Waals surface area contributed by atoms with Crippen LogP contribution in [0.2, 0.25) is 0 Å². The molecule has 1 N–H and O–H groups in total. The number of carbonyl (C=O) groups excluding carboxylic acids is 1. The molecule has 1 aliphatic heterocycles. The lowest BCUT2D eigenvalue weighted by Gasteiger charge is -2.39. The Hall–Kier alpha value is -2.63. The van der Waals surface area contributed by atoms with E-state index in [0.29, 0.717) is 31.6 Å². The number of sulfone groups is 1. The molecule has 2 aromatic rings. The van der Waals surface area contributed by atoms with Gasteiger partial charge in [-0.25, -0.2) is 22.0 Å². The van der Waals surface area contributed by atoms with E-state index in [-0.39, 0.29) is 17.0 Å². The summed E-state index contributed by atoms with van der Waals surface area (Å²) in [5.41, 5.74) is -0.0463. The van der Waals surface area contributed by atoms with Crippen LogP contribution in [0.25, 0.3) is 0 Å². The van der Waals surface area contributed by atoms with Crippen LogP contribution < -0.4 is 5.32 Å². The highest BCUT2D eigenvalue weighted by atomic mass is 32.2. The molecule has 0 aromatic carbocycles. The zero-order chi connectivity index (χ0) is 22.1. The van der Waals surface area contributed by atoms with Crippen molar-refractivity contribution in [3.8, 4) is 0 Å². The van der Waals surface area contributed by atoms with Crippen LogP contribution in [-0.4, -0.2) is 57.2 Å². The van der Waals surface area contributed by atoms with Crippen LogP contribution in [0.15, 0.2) is 29.6 Å². The van der Waals surface area contributed by atoms with Crippen molar-refractivity contribution in [3.63, 3.8) is 0 Å². The highest BCUT2D eigenvalue weighted by Gasteiger charge is 2.45. The van der Waals surface area contributed by atoms with Crippen molar-refractivity contribution in [2.45, 2.75) is 42.9 Å². The molecule has 1 aliphatic rings. The molecule has 1 saturated heterocycles. The lowest BCUT2D eigenvalue weighted by atomic mass is 9.86. The van der Waals surface area contributed by atoms with Crippen LogP contribution in [0, 0.1) is 5.92 Å². The number of alkyl halides is 2.